The zero-order chi connectivity index (χ0) is 23.7. The number of anilines is 3. The molecule has 1 atom stereocenters. The Kier molecular flexibility index (Phi) is 5.84. The summed E-state index contributed by atoms with van der Waals surface area (Å²) in [6, 6.07) is 7.91. The van der Waals surface area contributed by atoms with Gasteiger partial charge in [0.15, 0.2) is 11.5 Å². The van der Waals surface area contributed by atoms with Crippen LogP contribution < -0.4 is 21.3 Å². The highest BCUT2D eigenvalue weighted by Gasteiger charge is 2.17. The van der Waals surface area contributed by atoms with Crippen LogP contribution in [0.2, 0.25) is 0 Å². The topological polar surface area (TPSA) is 127 Å². The number of piperidine rings is 1. The second-order valence-corrected chi connectivity index (χ2v) is 8.41. The summed E-state index contributed by atoms with van der Waals surface area (Å²) in [6.07, 6.45) is 5.97. The van der Waals surface area contributed by atoms with Crippen LogP contribution in [0.5, 0.6) is 0 Å². The zero-order valence-corrected chi connectivity index (χ0v) is 19.5. The lowest BCUT2D eigenvalue weighted by atomic mass is 10.1. The van der Waals surface area contributed by atoms with Gasteiger partial charge in [0.25, 0.3) is 5.91 Å². The molecule has 3 aromatic heterocycles. The van der Waals surface area contributed by atoms with Crippen molar-refractivity contribution in [3.63, 3.8) is 0 Å². The van der Waals surface area contributed by atoms with Crippen molar-refractivity contribution in [2.75, 3.05) is 30.8 Å². The molecule has 11 nitrogen and oxygen atoms in total. The van der Waals surface area contributed by atoms with Crippen LogP contribution in [0.1, 0.15) is 29.0 Å². The second-order valence-electron chi connectivity index (χ2n) is 8.41. The van der Waals surface area contributed by atoms with Crippen LogP contribution in [0.3, 0.4) is 0 Å². The van der Waals surface area contributed by atoms with Gasteiger partial charge in [-0.05, 0) is 44.5 Å². The number of nitrogens with one attached hydrogen (secondary N) is 4. The summed E-state index contributed by atoms with van der Waals surface area (Å²) >= 11 is 0. The lowest BCUT2D eigenvalue weighted by molar-refractivity contribution is 0.0959. The van der Waals surface area contributed by atoms with Crippen LogP contribution in [-0.2, 0) is 7.05 Å². The fourth-order valence-corrected chi connectivity index (χ4v) is 4.21. The SMILES string of the molecule is CNC(=O)c1nn(C)c2ccc(Nc3nccc(-n4cc(N[C@@H]5CCCNC5)c(C)n4)n3)cc12. The van der Waals surface area contributed by atoms with Crippen molar-refractivity contribution in [3.05, 3.63) is 48.0 Å². The number of nitrogens with zero attached hydrogens (tertiary/aromatic N) is 6. The standard InChI is InChI=1S/C23H28N10O/c1-14-18(27-16-5-4-9-25-12-16)13-33(30-14)20-8-10-26-23(29-20)28-15-6-7-19-17(11-15)21(22(34)24-2)31-32(19)3/h6-8,10-11,13,16,25,27H,4-5,9,12H2,1-3H3,(H,24,34)(H,26,28,29)/t16-/m1/s1. The number of fused-ring (bicyclic) bond motifs is 1. The molecule has 4 heterocycles. The van der Waals surface area contributed by atoms with Gasteiger partial charge in [-0.15, -0.1) is 0 Å². The second kappa shape index (κ2) is 9.10. The molecule has 34 heavy (non-hydrogen) atoms. The van der Waals surface area contributed by atoms with Crippen molar-refractivity contribution in [1.29, 1.82) is 0 Å². The first-order chi connectivity index (χ1) is 16.5. The molecule has 0 unspecified atom stereocenters. The third-order valence-electron chi connectivity index (χ3n) is 5.98. The summed E-state index contributed by atoms with van der Waals surface area (Å²) in [5, 5.41) is 22.6. The van der Waals surface area contributed by atoms with E-state index in [1.807, 2.05) is 44.4 Å². The van der Waals surface area contributed by atoms with E-state index in [0.717, 1.165) is 47.5 Å². The van der Waals surface area contributed by atoms with E-state index in [4.69, 9.17) is 0 Å². The number of carbonyl (C=O) groups is 1. The van der Waals surface area contributed by atoms with E-state index in [1.165, 1.54) is 6.42 Å². The molecule has 0 radical (unpaired) electrons. The summed E-state index contributed by atoms with van der Waals surface area (Å²) in [7, 11) is 3.41. The number of rotatable bonds is 6. The maximum Gasteiger partial charge on any atom is 0.272 e. The summed E-state index contributed by atoms with van der Waals surface area (Å²) in [4.78, 5) is 21.2. The molecule has 176 valence electrons. The fraction of sp³-hybridized carbons (Fsp3) is 0.348. The minimum atomic E-state index is -0.233. The molecule has 1 amide bonds. The van der Waals surface area contributed by atoms with E-state index in [-0.39, 0.29) is 5.91 Å². The summed E-state index contributed by atoms with van der Waals surface area (Å²) in [5.41, 5.74) is 3.91. The van der Waals surface area contributed by atoms with Crippen LogP contribution in [0.4, 0.5) is 17.3 Å². The predicted molar refractivity (Wildman–Crippen MR) is 131 cm³/mol. The minimum Gasteiger partial charge on any atom is -0.378 e. The molecule has 4 N–H and O–H groups in total. The Balaban J connectivity index is 1.38. The molecule has 1 aliphatic rings. The number of benzene rings is 1. The fourth-order valence-electron chi connectivity index (χ4n) is 4.21. The first kappa shape index (κ1) is 21.8. The molecule has 0 aliphatic carbocycles. The summed E-state index contributed by atoms with van der Waals surface area (Å²) in [6.45, 7) is 4.02. The van der Waals surface area contributed by atoms with Crippen molar-refractivity contribution in [3.8, 4) is 5.82 Å². The third-order valence-corrected chi connectivity index (χ3v) is 5.98. The molecular weight excluding hydrogens is 432 g/mol. The van der Waals surface area contributed by atoms with Crippen molar-refractivity contribution in [1.82, 2.24) is 40.2 Å². The molecule has 5 rings (SSSR count). The van der Waals surface area contributed by atoms with E-state index in [0.29, 0.717) is 23.5 Å². The number of amides is 1. The highest BCUT2D eigenvalue weighted by molar-refractivity contribution is 6.05. The Morgan fingerprint density at radius 1 is 1.24 bits per heavy atom. The van der Waals surface area contributed by atoms with Gasteiger partial charge in [-0.25, -0.2) is 9.67 Å². The number of aryl methyl sites for hydroxylation is 2. The molecule has 1 saturated heterocycles. The first-order valence-corrected chi connectivity index (χ1v) is 11.3. The third kappa shape index (κ3) is 4.29. The lowest BCUT2D eigenvalue weighted by Crippen LogP contribution is -2.38. The highest BCUT2D eigenvalue weighted by atomic mass is 16.1. The van der Waals surface area contributed by atoms with Gasteiger partial charge in [0, 0.05) is 50.0 Å². The van der Waals surface area contributed by atoms with Crippen LogP contribution in [0.25, 0.3) is 16.7 Å². The smallest absolute Gasteiger partial charge is 0.272 e. The lowest BCUT2D eigenvalue weighted by Gasteiger charge is -2.24. The van der Waals surface area contributed by atoms with Crippen molar-refractivity contribution in [2.24, 2.45) is 7.05 Å². The first-order valence-electron chi connectivity index (χ1n) is 11.3. The Morgan fingerprint density at radius 3 is 2.91 bits per heavy atom. The molecule has 0 spiro atoms. The molecule has 0 bridgehead atoms. The van der Waals surface area contributed by atoms with Crippen molar-refractivity contribution >= 4 is 34.1 Å². The average molecular weight is 461 g/mol. The molecule has 1 aromatic carbocycles. The Labute approximate surface area is 197 Å². The Bertz CT molecular complexity index is 1340. The van der Waals surface area contributed by atoms with Gasteiger partial charge >= 0.3 is 0 Å². The predicted octanol–water partition coefficient (Wildman–Crippen LogP) is 2.12. The maximum absolute atomic E-state index is 12.2. The van der Waals surface area contributed by atoms with Crippen LogP contribution >= 0.6 is 0 Å². The van der Waals surface area contributed by atoms with E-state index in [9.17, 15) is 4.79 Å². The van der Waals surface area contributed by atoms with Crippen LogP contribution in [0, 0.1) is 6.92 Å². The van der Waals surface area contributed by atoms with Gasteiger partial charge in [-0.2, -0.15) is 15.2 Å². The van der Waals surface area contributed by atoms with Gasteiger partial charge in [0.2, 0.25) is 5.95 Å². The Hall–Kier alpha value is -3.99. The number of carbonyl (C=O) groups excluding carboxylic acids is 1. The normalized spacial score (nSPS) is 15.9. The molecule has 1 fully saturated rings. The van der Waals surface area contributed by atoms with Crippen LogP contribution in [-0.4, -0.2) is 61.6 Å². The van der Waals surface area contributed by atoms with E-state index in [2.05, 4.69) is 41.4 Å². The highest BCUT2D eigenvalue weighted by Crippen LogP contribution is 2.24. The number of aromatic nitrogens is 6. The van der Waals surface area contributed by atoms with E-state index in [1.54, 1.807) is 22.6 Å². The largest absolute Gasteiger partial charge is 0.378 e. The quantitative estimate of drug-likeness (QED) is 0.345. The van der Waals surface area contributed by atoms with Gasteiger partial charge < -0.3 is 21.3 Å². The van der Waals surface area contributed by atoms with E-state index >= 15 is 0 Å². The van der Waals surface area contributed by atoms with Crippen molar-refractivity contribution in [2.45, 2.75) is 25.8 Å². The zero-order valence-electron chi connectivity index (χ0n) is 19.5. The van der Waals surface area contributed by atoms with Gasteiger partial charge in [0.05, 0.1) is 23.1 Å². The summed E-state index contributed by atoms with van der Waals surface area (Å²) in [5.74, 6) is 0.855. The maximum atomic E-state index is 12.2. The number of hydrogen-bond donors (Lipinski definition) is 4. The molecule has 1 aliphatic heterocycles. The average Bonchev–Trinajstić information content (AvgIpc) is 3.38. The minimum absolute atomic E-state index is 0.233. The van der Waals surface area contributed by atoms with E-state index < -0.39 is 0 Å². The van der Waals surface area contributed by atoms with Gasteiger partial charge in [-0.1, -0.05) is 0 Å². The van der Waals surface area contributed by atoms with Gasteiger partial charge in [0.1, 0.15) is 0 Å². The Morgan fingerprint density at radius 2 is 2.12 bits per heavy atom. The molecular formula is C23H28N10O. The molecule has 4 aromatic rings. The number of hydrogen-bond acceptors (Lipinski definition) is 8. The molecule has 0 saturated carbocycles. The van der Waals surface area contributed by atoms with Crippen molar-refractivity contribution < 1.29 is 4.79 Å². The summed E-state index contributed by atoms with van der Waals surface area (Å²) < 4.78 is 3.45. The van der Waals surface area contributed by atoms with Gasteiger partial charge in [-0.3, -0.25) is 9.48 Å². The monoisotopic (exact) mass is 460 g/mol. The molecule has 11 heteroatoms. The van der Waals surface area contributed by atoms with Crippen LogP contribution in [0.15, 0.2) is 36.7 Å².